The molecule has 1 amide bonds. The fourth-order valence-electron chi connectivity index (χ4n) is 6.28. The molecule has 5 rings (SSSR count). The van der Waals surface area contributed by atoms with Crippen LogP contribution in [0.5, 0.6) is 6.08 Å². The number of hydrogen-bond donors (Lipinski definition) is 1. The van der Waals surface area contributed by atoms with Gasteiger partial charge in [-0.3, -0.25) is 19.2 Å². The number of aliphatic carboxylic acids is 1. The van der Waals surface area contributed by atoms with Crippen LogP contribution < -0.4 is 4.74 Å². The van der Waals surface area contributed by atoms with Gasteiger partial charge in [-0.25, -0.2) is 4.39 Å². The Kier molecular flexibility index (Phi) is 8.63. The van der Waals surface area contributed by atoms with E-state index in [9.17, 15) is 28.7 Å². The number of carboxylic acid groups (broad SMARTS) is 1. The van der Waals surface area contributed by atoms with Crippen LogP contribution in [0, 0.1) is 23.1 Å². The molecule has 2 aliphatic heterocycles. The molecule has 5 atom stereocenters. The zero-order valence-electron chi connectivity index (χ0n) is 24.8. The molecule has 1 N–H and O–H groups in total. The number of hydrogen-bond acceptors (Lipinski definition) is 8. The summed E-state index contributed by atoms with van der Waals surface area (Å²) in [7, 11) is 0. The fourth-order valence-corrected chi connectivity index (χ4v) is 6.28. The van der Waals surface area contributed by atoms with Gasteiger partial charge in [0.1, 0.15) is 17.2 Å². The first-order valence-corrected chi connectivity index (χ1v) is 15.0. The summed E-state index contributed by atoms with van der Waals surface area (Å²) in [5, 5.41) is 10.1. The number of fused-ring (bicyclic) bond motifs is 3. The fraction of sp³-hybridized carbons (Fsp3) is 0.594. The minimum Gasteiger partial charge on any atom is -0.481 e. The van der Waals surface area contributed by atoms with Crippen LogP contribution in [0.2, 0.25) is 0 Å². The van der Waals surface area contributed by atoms with Crippen molar-refractivity contribution >= 4 is 34.7 Å². The van der Waals surface area contributed by atoms with Gasteiger partial charge in [0.05, 0.1) is 24.4 Å². The number of ketones is 1. The number of carbonyl (C=O) groups excluding carboxylic acids is 3. The maximum Gasteiger partial charge on any atom is 0.395 e. The van der Waals surface area contributed by atoms with Gasteiger partial charge in [0.15, 0.2) is 17.2 Å². The third-order valence-corrected chi connectivity index (χ3v) is 8.56. The second-order valence-electron chi connectivity index (χ2n) is 13.0. The molecule has 0 unspecified atom stereocenters. The number of oxazole rings is 1. The lowest BCUT2D eigenvalue weighted by Crippen LogP contribution is -2.45. The monoisotopic (exact) mass is 598 g/mol. The van der Waals surface area contributed by atoms with E-state index in [1.54, 1.807) is 26.8 Å². The quantitative estimate of drug-likeness (QED) is 0.362. The number of nitrogens with zero attached hydrogens (tertiary/aromatic N) is 2. The molecular weight excluding hydrogens is 559 g/mol. The Labute approximate surface area is 249 Å². The van der Waals surface area contributed by atoms with Crippen molar-refractivity contribution in [3.05, 3.63) is 36.2 Å². The lowest BCUT2D eigenvalue weighted by atomic mass is 9.91. The van der Waals surface area contributed by atoms with Crippen molar-refractivity contribution in [1.29, 1.82) is 0 Å². The van der Waals surface area contributed by atoms with E-state index in [2.05, 4.69) is 4.98 Å². The maximum absolute atomic E-state index is 14.2. The lowest BCUT2D eigenvalue weighted by Gasteiger charge is -2.29. The van der Waals surface area contributed by atoms with Crippen molar-refractivity contribution in [2.75, 3.05) is 6.54 Å². The van der Waals surface area contributed by atoms with Gasteiger partial charge in [0.25, 0.3) is 0 Å². The second kappa shape index (κ2) is 12.1. The molecule has 0 bridgehead atoms. The Morgan fingerprint density at radius 1 is 1.21 bits per heavy atom. The first kappa shape index (κ1) is 30.7. The average molecular weight is 599 g/mol. The summed E-state index contributed by atoms with van der Waals surface area (Å²) >= 11 is 0. The molecule has 1 saturated heterocycles. The van der Waals surface area contributed by atoms with Crippen molar-refractivity contribution in [3.8, 4) is 6.08 Å². The highest BCUT2D eigenvalue weighted by Gasteiger charge is 2.61. The van der Waals surface area contributed by atoms with Gasteiger partial charge in [-0.2, -0.15) is 4.98 Å². The van der Waals surface area contributed by atoms with Gasteiger partial charge < -0.3 is 23.9 Å². The summed E-state index contributed by atoms with van der Waals surface area (Å²) in [4.78, 5) is 58.7. The van der Waals surface area contributed by atoms with E-state index in [-0.39, 0.29) is 60.6 Å². The third-order valence-electron chi connectivity index (χ3n) is 8.56. The number of para-hydroxylation sites is 1. The molecule has 1 aliphatic carbocycles. The molecule has 3 heterocycles. The highest BCUT2D eigenvalue weighted by atomic mass is 19.1. The number of esters is 1. The van der Waals surface area contributed by atoms with E-state index in [1.165, 1.54) is 17.0 Å². The molecule has 10 nitrogen and oxygen atoms in total. The SMILES string of the molecule is CC(C)(C)OC(=O)C[C@H]1CCCCC/C=C\[C@@H]2C[C@@]2(C(=O)O)CC(=O)[C@@H]2C[C@@H](Oc3nc4cccc(F)c4o3)CN2C1=O. The van der Waals surface area contributed by atoms with E-state index in [0.717, 1.165) is 19.3 Å². The third kappa shape index (κ3) is 6.91. The number of ether oxygens (including phenoxy) is 2. The van der Waals surface area contributed by atoms with Crippen molar-refractivity contribution in [3.63, 3.8) is 0 Å². The average Bonchev–Trinajstić information content (AvgIpc) is 3.24. The van der Waals surface area contributed by atoms with Crippen molar-refractivity contribution < 1.29 is 42.6 Å². The van der Waals surface area contributed by atoms with Crippen molar-refractivity contribution in [2.45, 2.75) is 96.3 Å². The Bertz CT molecular complexity index is 1430. The van der Waals surface area contributed by atoms with Gasteiger partial charge in [-0.1, -0.05) is 31.1 Å². The molecular formula is C32H39FN2O8. The molecule has 1 aromatic heterocycles. The molecule has 1 saturated carbocycles. The number of rotatable bonds is 5. The van der Waals surface area contributed by atoms with Crippen LogP contribution in [0.3, 0.4) is 0 Å². The van der Waals surface area contributed by atoms with Gasteiger partial charge in [0, 0.05) is 18.8 Å². The van der Waals surface area contributed by atoms with Crippen LogP contribution in [-0.2, 0) is 23.9 Å². The number of amides is 1. The van der Waals surface area contributed by atoms with Gasteiger partial charge in [-0.05, 0) is 64.5 Å². The predicted octanol–water partition coefficient (Wildman–Crippen LogP) is 5.23. The number of carboxylic acids is 1. The summed E-state index contributed by atoms with van der Waals surface area (Å²) in [6, 6.07) is 3.36. The summed E-state index contributed by atoms with van der Waals surface area (Å²) in [6.07, 6.45) is 6.70. The molecule has 3 aliphatic rings. The Balaban J connectivity index is 1.42. The Hall–Kier alpha value is -3.76. The molecule has 0 spiro atoms. The van der Waals surface area contributed by atoms with Crippen LogP contribution >= 0.6 is 0 Å². The molecule has 43 heavy (non-hydrogen) atoms. The predicted molar refractivity (Wildman–Crippen MR) is 152 cm³/mol. The number of allylic oxidation sites excluding steroid dienone is 2. The Morgan fingerprint density at radius 2 is 2.00 bits per heavy atom. The number of halogens is 1. The zero-order valence-corrected chi connectivity index (χ0v) is 24.8. The number of Topliss-reactive ketones (excluding diaryl/α,β-unsaturated/α-hetero) is 1. The van der Waals surface area contributed by atoms with Crippen molar-refractivity contribution in [2.24, 2.45) is 17.3 Å². The largest absolute Gasteiger partial charge is 0.481 e. The standard InChI is InChI=1S/C32H39FN2O8/c1-31(2,3)43-26(37)14-19-10-7-5-4-6-8-11-20-16-32(20,29(39)40)17-25(36)24-15-21(18-35(24)28(19)38)41-30-34-23-13-9-12-22(33)27(23)42-30/h8-9,11-13,19-21,24H,4-7,10,14-18H2,1-3H3,(H,39,40)/b11-8-/t19-,20-,21-,24+,32-/m1/s1. The van der Waals surface area contributed by atoms with E-state index < -0.39 is 46.8 Å². The number of carbonyl (C=O) groups is 4. The van der Waals surface area contributed by atoms with Gasteiger partial charge >= 0.3 is 18.0 Å². The smallest absolute Gasteiger partial charge is 0.395 e. The maximum atomic E-state index is 14.2. The minimum absolute atomic E-state index is 0.00463. The summed E-state index contributed by atoms with van der Waals surface area (Å²) in [5.74, 6) is -3.82. The van der Waals surface area contributed by atoms with Crippen LogP contribution in [-0.4, -0.2) is 62.9 Å². The van der Waals surface area contributed by atoms with E-state index in [1.807, 2.05) is 12.2 Å². The van der Waals surface area contributed by atoms with Gasteiger partial charge in [0.2, 0.25) is 5.91 Å². The first-order chi connectivity index (χ1) is 20.4. The van der Waals surface area contributed by atoms with Crippen LogP contribution in [0.4, 0.5) is 4.39 Å². The number of benzene rings is 1. The topological polar surface area (TPSA) is 136 Å². The molecule has 11 heteroatoms. The normalized spacial score (nSPS) is 29.3. The lowest BCUT2D eigenvalue weighted by molar-refractivity contribution is -0.159. The second-order valence-corrected chi connectivity index (χ2v) is 13.0. The molecule has 1 aromatic carbocycles. The first-order valence-electron chi connectivity index (χ1n) is 15.0. The molecule has 2 aromatic rings. The van der Waals surface area contributed by atoms with Crippen LogP contribution in [0.15, 0.2) is 34.8 Å². The van der Waals surface area contributed by atoms with Gasteiger partial charge in [-0.15, -0.1) is 0 Å². The summed E-state index contributed by atoms with van der Waals surface area (Å²) < 4.78 is 31.1. The number of aromatic nitrogens is 1. The minimum atomic E-state index is -1.20. The van der Waals surface area contributed by atoms with E-state index in [0.29, 0.717) is 19.3 Å². The zero-order chi connectivity index (χ0) is 30.9. The Morgan fingerprint density at radius 3 is 2.72 bits per heavy atom. The summed E-state index contributed by atoms with van der Waals surface area (Å²) in [5.41, 5.74) is -1.72. The molecule has 232 valence electrons. The molecule has 2 fully saturated rings. The molecule has 0 radical (unpaired) electrons. The highest BCUT2D eigenvalue weighted by molar-refractivity contribution is 5.95. The van der Waals surface area contributed by atoms with E-state index in [4.69, 9.17) is 13.9 Å². The summed E-state index contributed by atoms with van der Waals surface area (Å²) in [6.45, 7) is 5.28. The van der Waals surface area contributed by atoms with Crippen LogP contribution in [0.25, 0.3) is 11.1 Å². The van der Waals surface area contributed by atoms with Crippen molar-refractivity contribution in [1.82, 2.24) is 9.88 Å². The van der Waals surface area contributed by atoms with Crippen LogP contribution in [0.1, 0.15) is 78.6 Å². The van der Waals surface area contributed by atoms with E-state index >= 15 is 0 Å². The highest BCUT2D eigenvalue weighted by Crippen LogP contribution is 2.57.